The summed E-state index contributed by atoms with van der Waals surface area (Å²) in [5.41, 5.74) is 3.99. The van der Waals surface area contributed by atoms with Gasteiger partial charge in [-0.25, -0.2) is 0 Å². The Balaban J connectivity index is 1.46. The third-order valence-electron chi connectivity index (χ3n) is 4.34. The van der Waals surface area contributed by atoms with E-state index in [1.807, 2.05) is 37.3 Å². The summed E-state index contributed by atoms with van der Waals surface area (Å²) in [6, 6.07) is 13.9. The molecule has 0 atom stereocenters. The normalized spacial score (nSPS) is 11.1. The summed E-state index contributed by atoms with van der Waals surface area (Å²) in [5, 5.41) is 12.4. The van der Waals surface area contributed by atoms with E-state index in [9.17, 15) is 4.79 Å². The smallest absolute Gasteiger partial charge is 0.293 e. The second kappa shape index (κ2) is 8.06. The third-order valence-corrected chi connectivity index (χ3v) is 6.86. The van der Waals surface area contributed by atoms with Crippen LogP contribution >= 0.6 is 39.0 Å². The molecule has 1 N–H and O–H groups in total. The number of halogens is 1. The molecule has 0 aliphatic rings. The molecular formula is C20H16BrN3O2S2. The molecule has 0 saturated carbocycles. The van der Waals surface area contributed by atoms with Crippen molar-refractivity contribution in [2.24, 2.45) is 0 Å². The van der Waals surface area contributed by atoms with Crippen LogP contribution in [0.25, 0.3) is 11.0 Å². The molecule has 0 spiro atoms. The zero-order valence-electron chi connectivity index (χ0n) is 15.2. The lowest BCUT2D eigenvalue weighted by atomic mass is 10.1. The number of nitrogens with zero attached hydrogens (tertiary/aromatic N) is 2. The Hall–Kier alpha value is -2.16. The minimum Gasteiger partial charge on any atom is -0.451 e. The van der Waals surface area contributed by atoms with Gasteiger partial charge in [-0.15, -0.1) is 10.2 Å². The molecule has 28 heavy (non-hydrogen) atoms. The number of benzene rings is 2. The topological polar surface area (TPSA) is 68.0 Å². The lowest BCUT2D eigenvalue weighted by Gasteiger charge is -2.02. The summed E-state index contributed by atoms with van der Waals surface area (Å²) in [6.07, 6.45) is 0. The second-order valence-corrected chi connectivity index (χ2v) is 9.35. The van der Waals surface area contributed by atoms with Gasteiger partial charge in [0.05, 0.1) is 0 Å². The number of carbonyl (C=O) groups excluding carboxylic acids is 1. The van der Waals surface area contributed by atoms with E-state index < -0.39 is 0 Å². The highest BCUT2D eigenvalue weighted by Gasteiger charge is 2.19. The van der Waals surface area contributed by atoms with Crippen LogP contribution in [0.4, 0.5) is 5.13 Å². The number of hydrogen-bond acceptors (Lipinski definition) is 6. The number of nitrogens with one attached hydrogen (secondary N) is 1. The molecule has 5 nitrogen and oxygen atoms in total. The summed E-state index contributed by atoms with van der Waals surface area (Å²) < 4.78 is 7.48. The molecule has 4 aromatic rings. The maximum Gasteiger partial charge on any atom is 0.293 e. The van der Waals surface area contributed by atoms with E-state index in [0.717, 1.165) is 25.5 Å². The van der Waals surface area contributed by atoms with Gasteiger partial charge < -0.3 is 4.42 Å². The Morgan fingerprint density at radius 3 is 2.86 bits per heavy atom. The van der Waals surface area contributed by atoms with E-state index in [2.05, 4.69) is 50.5 Å². The average molecular weight is 474 g/mol. The van der Waals surface area contributed by atoms with E-state index in [-0.39, 0.29) is 11.7 Å². The zero-order valence-corrected chi connectivity index (χ0v) is 18.4. The maximum atomic E-state index is 12.6. The molecule has 0 bridgehead atoms. The van der Waals surface area contributed by atoms with Gasteiger partial charge >= 0.3 is 0 Å². The van der Waals surface area contributed by atoms with Crippen molar-refractivity contribution in [2.45, 2.75) is 23.9 Å². The molecule has 0 aliphatic carbocycles. The SMILES string of the molecule is Cc1ccccc1CSc1nnc(NC(=O)c2oc3ccc(Br)cc3c2C)s1. The molecule has 0 unspecified atom stereocenters. The Morgan fingerprint density at radius 2 is 2.04 bits per heavy atom. The van der Waals surface area contributed by atoms with Crippen molar-refractivity contribution in [1.82, 2.24) is 10.2 Å². The first-order valence-corrected chi connectivity index (χ1v) is 11.1. The van der Waals surface area contributed by atoms with Gasteiger partial charge in [0.1, 0.15) is 5.58 Å². The van der Waals surface area contributed by atoms with Crippen molar-refractivity contribution < 1.29 is 9.21 Å². The first-order valence-electron chi connectivity index (χ1n) is 8.52. The predicted molar refractivity (Wildman–Crippen MR) is 117 cm³/mol. The van der Waals surface area contributed by atoms with E-state index >= 15 is 0 Å². The fourth-order valence-electron chi connectivity index (χ4n) is 2.79. The van der Waals surface area contributed by atoms with Crippen molar-refractivity contribution in [1.29, 1.82) is 0 Å². The number of furan rings is 1. The zero-order chi connectivity index (χ0) is 19.7. The first-order chi connectivity index (χ1) is 13.5. The van der Waals surface area contributed by atoms with E-state index in [1.54, 1.807) is 11.8 Å². The Bertz CT molecular complexity index is 1170. The molecule has 142 valence electrons. The van der Waals surface area contributed by atoms with Crippen LogP contribution in [0.2, 0.25) is 0 Å². The van der Waals surface area contributed by atoms with Crippen LogP contribution in [0.3, 0.4) is 0 Å². The third kappa shape index (κ3) is 3.99. The molecule has 0 radical (unpaired) electrons. The fraction of sp³-hybridized carbons (Fsp3) is 0.150. The Labute approximate surface area is 178 Å². The number of anilines is 1. The van der Waals surface area contributed by atoms with Crippen LogP contribution in [-0.4, -0.2) is 16.1 Å². The summed E-state index contributed by atoms with van der Waals surface area (Å²) in [4.78, 5) is 12.6. The number of amides is 1. The van der Waals surface area contributed by atoms with Crippen molar-refractivity contribution in [3.05, 3.63) is 69.4 Å². The highest BCUT2D eigenvalue weighted by Crippen LogP contribution is 2.31. The van der Waals surface area contributed by atoms with E-state index in [1.165, 1.54) is 22.5 Å². The number of hydrogen-bond donors (Lipinski definition) is 1. The van der Waals surface area contributed by atoms with Gasteiger partial charge in [0.2, 0.25) is 5.13 Å². The predicted octanol–water partition coefficient (Wildman–Crippen LogP) is 6.21. The molecular weight excluding hydrogens is 458 g/mol. The minimum absolute atomic E-state index is 0.289. The molecule has 4 rings (SSSR count). The first kappa shape index (κ1) is 19.2. The Morgan fingerprint density at radius 1 is 1.21 bits per heavy atom. The van der Waals surface area contributed by atoms with Crippen molar-refractivity contribution in [3.63, 3.8) is 0 Å². The van der Waals surface area contributed by atoms with E-state index in [4.69, 9.17) is 4.42 Å². The lowest BCUT2D eigenvalue weighted by Crippen LogP contribution is -2.11. The van der Waals surface area contributed by atoms with Crippen LogP contribution in [0.5, 0.6) is 0 Å². The van der Waals surface area contributed by atoms with Gasteiger partial charge in [0.25, 0.3) is 5.91 Å². The highest BCUT2D eigenvalue weighted by molar-refractivity contribution is 9.10. The summed E-state index contributed by atoms with van der Waals surface area (Å²) in [7, 11) is 0. The summed E-state index contributed by atoms with van der Waals surface area (Å²) >= 11 is 6.40. The molecule has 0 saturated heterocycles. The van der Waals surface area contributed by atoms with Crippen molar-refractivity contribution in [3.8, 4) is 0 Å². The van der Waals surface area contributed by atoms with E-state index in [0.29, 0.717) is 10.7 Å². The van der Waals surface area contributed by atoms with Crippen molar-refractivity contribution in [2.75, 3.05) is 5.32 Å². The molecule has 0 fully saturated rings. The number of carbonyl (C=O) groups is 1. The van der Waals surface area contributed by atoms with Crippen LogP contribution in [0.15, 0.2) is 55.7 Å². The van der Waals surface area contributed by atoms with Gasteiger partial charge in [-0.1, -0.05) is 63.3 Å². The molecule has 2 aromatic heterocycles. The van der Waals surface area contributed by atoms with Gasteiger partial charge in [-0.3, -0.25) is 10.1 Å². The van der Waals surface area contributed by atoms with Crippen LogP contribution in [0, 0.1) is 13.8 Å². The van der Waals surface area contributed by atoms with Crippen LogP contribution < -0.4 is 5.32 Å². The quantitative estimate of drug-likeness (QED) is 0.275. The molecule has 2 aromatic carbocycles. The largest absolute Gasteiger partial charge is 0.451 e. The maximum absolute atomic E-state index is 12.6. The molecule has 8 heteroatoms. The molecule has 0 aliphatic heterocycles. The molecule has 2 heterocycles. The highest BCUT2D eigenvalue weighted by atomic mass is 79.9. The van der Waals surface area contributed by atoms with Gasteiger partial charge in [0, 0.05) is 21.2 Å². The van der Waals surface area contributed by atoms with Gasteiger partial charge in [0.15, 0.2) is 10.1 Å². The van der Waals surface area contributed by atoms with Crippen LogP contribution in [-0.2, 0) is 5.75 Å². The number of aryl methyl sites for hydroxylation is 2. The number of fused-ring (bicyclic) bond motifs is 1. The standard InChI is InChI=1S/C20H16BrN3O2S2/c1-11-5-3-4-6-13(11)10-27-20-24-23-19(28-20)22-18(25)17-12(2)15-9-14(21)7-8-16(15)26-17/h3-9H,10H2,1-2H3,(H,22,23,25). The fourth-order valence-corrected chi connectivity index (χ4v) is 4.98. The van der Waals surface area contributed by atoms with Gasteiger partial charge in [-0.05, 0) is 43.2 Å². The summed E-state index contributed by atoms with van der Waals surface area (Å²) in [6.45, 7) is 3.96. The van der Waals surface area contributed by atoms with Gasteiger partial charge in [-0.2, -0.15) is 0 Å². The lowest BCUT2D eigenvalue weighted by molar-refractivity contribution is 0.0998. The Kier molecular flexibility index (Phi) is 5.52. The van der Waals surface area contributed by atoms with Crippen molar-refractivity contribution >= 4 is 61.0 Å². The average Bonchev–Trinajstić information content (AvgIpc) is 3.25. The number of rotatable bonds is 5. The van der Waals surface area contributed by atoms with Crippen LogP contribution in [0.1, 0.15) is 27.2 Å². The molecule has 1 amide bonds. The second-order valence-electron chi connectivity index (χ2n) is 6.24. The number of thioether (sulfide) groups is 1. The minimum atomic E-state index is -0.323. The number of aromatic nitrogens is 2. The monoisotopic (exact) mass is 473 g/mol. The summed E-state index contributed by atoms with van der Waals surface area (Å²) in [5.74, 6) is 0.779.